The molecule has 0 amide bonds. The van der Waals surface area contributed by atoms with Crippen molar-refractivity contribution in [3.05, 3.63) is 89.6 Å². The summed E-state index contributed by atoms with van der Waals surface area (Å²) in [5.41, 5.74) is 4.41. The van der Waals surface area contributed by atoms with E-state index in [9.17, 15) is 10.2 Å². The minimum atomic E-state index is -0.594. The lowest BCUT2D eigenvalue weighted by Crippen LogP contribution is -2.64. The quantitative estimate of drug-likeness (QED) is 0.320. The highest BCUT2D eigenvalue weighted by Gasteiger charge is 2.64. The first-order valence-electron chi connectivity index (χ1n) is 16.5. The predicted octanol–water partition coefficient (Wildman–Crippen LogP) is 4.24. The molecule has 5 atom stereocenters. The van der Waals surface area contributed by atoms with E-state index < -0.39 is 6.10 Å². The number of phenols is 1. The Hall–Kier alpha value is -3.89. The van der Waals surface area contributed by atoms with Gasteiger partial charge in [0.15, 0.2) is 11.5 Å². The molecule has 0 saturated carbocycles. The minimum Gasteiger partial charge on any atom is -0.504 e. The molecule has 1 spiro atoms. The number of nitrogens with zero attached hydrogens (tertiary/aromatic N) is 4. The van der Waals surface area contributed by atoms with Crippen LogP contribution in [0.1, 0.15) is 23.2 Å². The van der Waals surface area contributed by atoms with E-state index in [1.54, 1.807) is 6.07 Å². The third kappa shape index (κ3) is 4.88. The Morgan fingerprint density at radius 2 is 1.83 bits per heavy atom. The van der Waals surface area contributed by atoms with Gasteiger partial charge >= 0.3 is 0 Å². The van der Waals surface area contributed by atoms with Crippen LogP contribution in [0.2, 0.25) is 0 Å². The maximum atomic E-state index is 10.4. The number of aromatic nitrogens is 2. The van der Waals surface area contributed by atoms with Crippen LogP contribution in [0.25, 0.3) is 16.5 Å². The van der Waals surface area contributed by atoms with E-state index in [2.05, 4.69) is 77.4 Å². The van der Waals surface area contributed by atoms with Crippen LogP contribution in [0.3, 0.4) is 0 Å². The first-order chi connectivity index (χ1) is 22.4. The molecule has 0 radical (unpaired) electrons. The standard InChI is InChI=1S/C20H23N3O2.C17H19NO3/c1-16-14-20(25-13-10-22-8-11-24-12-9-22)21-23(16)19-7-6-17-4-2-3-5-18(17)15-19;1-18-7-6-17-10-3-5-13(20)16(17)21-15-12(19)4-2-9(14(15)17)8-11(10)18/h2-7,14-15H,8-13H2,1H3;2-5,10-11,13,16,19-20H,6-8H2,1H3/t;10-,11+,13-,16-,17-/m.0/s1. The Morgan fingerprint density at radius 1 is 1.00 bits per heavy atom. The number of aliphatic hydroxyl groups is 1. The average Bonchev–Trinajstić information content (AvgIpc) is 3.63. The Kier molecular flexibility index (Phi) is 7.52. The largest absolute Gasteiger partial charge is 0.504 e. The summed E-state index contributed by atoms with van der Waals surface area (Å²) in [5.74, 6) is 1.87. The number of hydrogen-bond donors (Lipinski definition) is 2. The number of aryl methyl sites for hydroxylation is 1. The summed E-state index contributed by atoms with van der Waals surface area (Å²) in [6.45, 7) is 8.21. The molecular formula is C37H42N4O5. The maximum absolute atomic E-state index is 10.4. The summed E-state index contributed by atoms with van der Waals surface area (Å²) in [7, 11) is 2.19. The van der Waals surface area contributed by atoms with E-state index >= 15 is 0 Å². The van der Waals surface area contributed by atoms with Crippen LogP contribution in [-0.4, -0.2) is 101 Å². The molecule has 5 aliphatic rings. The fraction of sp³-hybridized carbons (Fsp3) is 0.432. The number of phenolic OH excluding ortho intramolecular Hbond substituents is 1. The van der Waals surface area contributed by atoms with E-state index in [1.807, 2.05) is 22.9 Å². The van der Waals surface area contributed by atoms with Crippen LogP contribution in [0.15, 0.2) is 72.8 Å². The summed E-state index contributed by atoms with van der Waals surface area (Å²) in [6, 6.07) is 21.0. The van der Waals surface area contributed by atoms with E-state index in [0.717, 1.165) is 63.6 Å². The third-order valence-electron chi connectivity index (χ3n) is 10.8. The molecule has 2 N–H and O–H groups in total. The van der Waals surface area contributed by atoms with Crippen molar-refractivity contribution in [3.63, 3.8) is 0 Å². The summed E-state index contributed by atoms with van der Waals surface area (Å²) >= 11 is 0. The van der Waals surface area contributed by atoms with Gasteiger partial charge in [-0.15, -0.1) is 5.10 Å². The highest BCUT2D eigenvalue weighted by molar-refractivity contribution is 5.84. The summed E-state index contributed by atoms with van der Waals surface area (Å²) in [6.07, 6.45) is 5.18. The van der Waals surface area contributed by atoms with Gasteiger partial charge in [-0.2, -0.15) is 0 Å². The summed E-state index contributed by atoms with van der Waals surface area (Å²) in [5, 5.41) is 27.7. The molecule has 240 valence electrons. The van der Waals surface area contributed by atoms with Gasteiger partial charge in [-0.3, -0.25) is 4.90 Å². The SMILES string of the molecule is CN1CC[C@]23c4c5ccc(O)c4O[C@H]2[C@@H](O)C=C[C@H]3[C@H]1C5.Cc1cc(OCCN2CCOCC2)nn1-c1ccc2ccccc2c1. The number of fused-ring (bicyclic) bond motifs is 1. The molecule has 9 rings (SSSR count). The fourth-order valence-corrected chi connectivity index (χ4v) is 8.43. The van der Waals surface area contributed by atoms with Crippen LogP contribution < -0.4 is 9.47 Å². The average molecular weight is 623 g/mol. The molecule has 46 heavy (non-hydrogen) atoms. The molecule has 4 heterocycles. The Morgan fingerprint density at radius 3 is 2.67 bits per heavy atom. The number of likely N-dealkylation sites (N-methyl/N-ethyl adjacent to an activating group) is 1. The molecule has 2 saturated heterocycles. The molecule has 3 aliphatic heterocycles. The van der Waals surface area contributed by atoms with Crippen molar-refractivity contribution in [3.8, 4) is 23.1 Å². The van der Waals surface area contributed by atoms with Gasteiger partial charge in [0.25, 0.3) is 0 Å². The van der Waals surface area contributed by atoms with Crippen molar-refractivity contribution in [1.29, 1.82) is 0 Å². The highest BCUT2D eigenvalue weighted by Crippen LogP contribution is 2.62. The number of likely N-dealkylation sites (tertiary alicyclic amines) is 1. The van der Waals surface area contributed by atoms with Gasteiger partial charge in [-0.25, -0.2) is 4.68 Å². The van der Waals surface area contributed by atoms with Crippen molar-refractivity contribution >= 4 is 10.8 Å². The third-order valence-corrected chi connectivity index (χ3v) is 10.8. The molecule has 9 heteroatoms. The Bertz CT molecular complexity index is 1780. The van der Waals surface area contributed by atoms with Gasteiger partial charge < -0.3 is 29.3 Å². The van der Waals surface area contributed by atoms with Gasteiger partial charge in [-0.1, -0.05) is 48.6 Å². The Balaban J connectivity index is 0.000000137. The number of aliphatic hydroxyl groups excluding tert-OH is 1. The number of rotatable bonds is 5. The van der Waals surface area contributed by atoms with E-state index in [0.29, 0.717) is 30.2 Å². The lowest BCUT2D eigenvalue weighted by molar-refractivity contribution is -0.0453. The lowest BCUT2D eigenvalue weighted by atomic mass is 9.53. The zero-order valence-corrected chi connectivity index (χ0v) is 26.5. The fourth-order valence-electron chi connectivity index (χ4n) is 8.43. The lowest BCUT2D eigenvalue weighted by Gasteiger charge is -2.56. The number of ether oxygens (including phenoxy) is 3. The molecule has 1 aromatic heterocycles. The van der Waals surface area contributed by atoms with Crippen molar-refractivity contribution in [2.75, 3.05) is 53.0 Å². The van der Waals surface area contributed by atoms with Crippen LogP contribution in [-0.2, 0) is 16.6 Å². The number of benzene rings is 3. The topological polar surface area (TPSA) is 92.5 Å². The highest BCUT2D eigenvalue weighted by atomic mass is 16.5. The molecule has 3 aromatic carbocycles. The zero-order valence-electron chi connectivity index (χ0n) is 26.5. The molecule has 0 unspecified atom stereocenters. The van der Waals surface area contributed by atoms with Crippen molar-refractivity contribution in [2.45, 2.75) is 43.4 Å². The second kappa shape index (κ2) is 11.7. The maximum Gasteiger partial charge on any atom is 0.233 e. The predicted molar refractivity (Wildman–Crippen MR) is 176 cm³/mol. The van der Waals surface area contributed by atoms with Crippen LogP contribution in [0.5, 0.6) is 17.4 Å². The number of piperidine rings is 1. The number of morpholine rings is 1. The summed E-state index contributed by atoms with van der Waals surface area (Å²) < 4.78 is 19.3. The molecule has 4 aromatic rings. The Labute approximate surface area is 269 Å². The molecule has 2 fully saturated rings. The van der Waals surface area contributed by atoms with Crippen LogP contribution >= 0.6 is 0 Å². The van der Waals surface area contributed by atoms with Gasteiger partial charge in [0, 0.05) is 54.3 Å². The minimum absolute atomic E-state index is 0.160. The zero-order chi connectivity index (χ0) is 31.4. The normalized spacial score (nSPS) is 27.9. The van der Waals surface area contributed by atoms with Crippen molar-refractivity contribution in [1.82, 2.24) is 19.6 Å². The monoisotopic (exact) mass is 622 g/mol. The molecular weight excluding hydrogens is 580 g/mol. The molecule has 2 aliphatic carbocycles. The van der Waals surface area contributed by atoms with Crippen molar-refractivity contribution < 1.29 is 24.4 Å². The van der Waals surface area contributed by atoms with Gasteiger partial charge in [-0.05, 0) is 67.9 Å². The first-order valence-corrected chi connectivity index (χ1v) is 16.5. The smallest absolute Gasteiger partial charge is 0.233 e. The number of hydrogen-bond acceptors (Lipinski definition) is 8. The van der Waals surface area contributed by atoms with Crippen molar-refractivity contribution in [2.24, 2.45) is 5.92 Å². The first kappa shape index (κ1) is 29.5. The van der Waals surface area contributed by atoms with Gasteiger partial charge in [0.05, 0.1) is 18.9 Å². The molecule has 9 nitrogen and oxygen atoms in total. The van der Waals surface area contributed by atoms with Gasteiger partial charge in [0.1, 0.15) is 18.8 Å². The van der Waals surface area contributed by atoms with Crippen LogP contribution in [0, 0.1) is 12.8 Å². The number of aromatic hydroxyl groups is 1. The van der Waals surface area contributed by atoms with E-state index in [-0.39, 0.29) is 17.3 Å². The van der Waals surface area contributed by atoms with E-state index in [1.165, 1.54) is 21.9 Å². The molecule has 2 bridgehead atoms. The van der Waals surface area contributed by atoms with Crippen LogP contribution in [0.4, 0.5) is 0 Å². The summed E-state index contributed by atoms with van der Waals surface area (Å²) in [4.78, 5) is 4.79. The second-order valence-electron chi connectivity index (χ2n) is 13.3. The second-order valence-corrected chi connectivity index (χ2v) is 13.3. The van der Waals surface area contributed by atoms with Gasteiger partial charge in [0.2, 0.25) is 5.88 Å². The van der Waals surface area contributed by atoms with E-state index in [4.69, 9.17) is 14.2 Å².